The van der Waals surface area contributed by atoms with E-state index >= 15 is 0 Å². The lowest BCUT2D eigenvalue weighted by atomic mass is 9.92. The van der Waals surface area contributed by atoms with Crippen LogP contribution in [0.5, 0.6) is 5.75 Å². The van der Waals surface area contributed by atoms with E-state index in [1.807, 2.05) is 31.2 Å². The van der Waals surface area contributed by atoms with Crippen LogP contribution in [0.4, 0.5) is 4.79 Å². The van der Waals surface area contributed by atoms with Crippen LogP contribution in [-0.2, 0) is 16.9 Å². The van der Waals surface area contributed by atoms with Crippen molar-refractivity contribution < 1.29 is 14.3 Å². The van der Waals surface area contributed by atoms with Crippen molar-refractivity contribution in [2.24, 2.45) is 0 Å². The van der Waals surface area contributed by atoms with Crippen molar-refractivity contribution in [2.45, 2.75) is 26.0 Å². The van der Waals surface area contributed by atoms with Gasteiger partial charge in [-0.05, 0) is 37.1 Å². The number of ether oxygens (including phenoxy) is 1. The lowest BCUT2D eigenvalue weighted by Crippen LogP contribution is -2.40. The Hall–Kier alpha value is -2.82. The molecule has 0 aliphatic carbocycles. The second-order valence-electron chi connectivity index (χ2n) is 5.83. The summed E-state index contributed by atoms with van der Waals surface area (Å²) in [5, 5.41) is 4.89. The van der Waals surface area contributed by atoms with Gasteiger partial charge in [0.15, 0.2) is 0 Å². The molecule has 2 aromatic carbocycles. The Morgan fingerprint density at radius 3 is 2.22 bits per heavy atom. The molecule has 1 atom stereocenters. The molecule has 2 N–H and O–H groups in total. The Balaban J connectivity index is 1.69. The molecule has 23 heavy (non-hydrogen) atoms. The molecular formula is C18H18N2O3. The number of amides is 3. The van der Waals surface area contributed by atoms with Gasteiger partial charge in [-0.25, -0.2) is 4.79 Å². The summed E-state index contributed by atoms with van der Waals surface area (Å²) >= 11 is 0. The maximum absolute atomic E-state index is 11.9. The fraction of sp³-hybridized carbons (Fsp3) is 0.222. The number of imide groups is 1. The van der Waals surface area contributed by atoms with Crippen molar-refractivity contribution in [1.82, 2.24) is 10.6 Å². The largest absolute Gasteiger partial charge is 0.489 e. The Kier molecular flexibility index (Phi) is 3.78. The summed E-state index contributed by atoms with van der Waals surface area (Å²) in [4.78, 5) is 23.2. The molecule has 1 aliphatic rings. The van der Waals surface area contributed by atoms with Crippen molar-refractivity contribution in [3.8, 4) is 5.75 Å². The number of hydrogen-bond donors (Lipinski definition) is 2. The second kappa shape index (κ2) is 5.76. The molecule has 1 saturated heterocycles. The van der Waals surface area contributed by atoms with Crippen LogP contribution in [-0.4, -0.2) is 11.9 Å². The zero-order chi connectivity index (χ0) is 16.4. The summed E-state index contributed by atoms with van der Waals surface area (Å²) < 4.78 is 5.74. The highest BCUT2D eigenvalue weighted by atomic mass is 16.5. The van der Waals surface area contributed by atoms with Crippen LogP contribution < -0.4 is 15.4 Å². The van der Waals surface area contributed by atoms with Gasteiger partial charge >= 0.3 is 6.03 Å². The first-order chi connectivity index (χ1) is 11.0. The van der Waals surface area contributed by atoms with Crippen LogP contribution >= 0.6 is 0 Å². The summed E-state index contributed by atoms with van der Waals surface area (Å²) in [5.41, 5.74) is 1.98. The summed E-state index contributed by atoms with van der Waals surface area (Å²) in [6, 6.07) is 14.8. The highest BCUT2D eigenvalue weighted by Gasteiger charge is 2.43. The molecule has 1 unspecified atom stereocenters. The van der Waals surface area contributed by atoms with Crippen LogP contribution in [0.3, 0.4) is 0 Å². The van der Waals surface area contributed by atoms with Crippen LogP contribution in [0, 0.1) is 6.92 Å². The first kappa shape index (κ1) is 15.1. The van der Waals surface area contributed by atoms with Gasteiger partial charge in [0, 0.05) is 0 Å². The van der Waals surface area contributed by atoms with Crippen LogP contribution in [0.1, 0.15) is 23.6 Å². The van der Waals surface area contributed by atoms with Gasteiger partial charge in [-0.2, -0.15) is 0 Å². The Bertz CT molecular complexity index is 738. The maximum atomic E-state index is 11.9. The number of carbonyl (C=O) groups is 2. The van der Waals surface area contributed by atoms with Crippen LogP contribution in [0.15, 0.2) is 48.5 Å². The smallest absolute Gasteiger partial charge is 0.322 e. The molecule has 5 nitrogen and oxygen atoms in total. The molecule has 0 bridgehead atoms. The molecule has 5 heteroatoms. The second-order valence-corrected chi connectivity index (χ2v) is 5.83. The van der Waals surface area contributed by atoms with Gasteiger partial charge < -0.3 is 10.1 Å². The first-order valence-electron chi connectivity index (χ1n) is 7.40. The van der Waals surface area contributed by atoms with Gasteiger partial charge in [-0.3, -0.25) is 10.1 Å². The molecule has 1 fully saturated rings. The molecular weight excluding hydrogens is 292 g/mol. The number of urea groups is 1. The monoisotopic (exact) mass is 310 g/mol. The fourth-order valence-corrected chi connectivity index (χ4v) is 2.48. The molecule has 2 aromatic rings. The minimum atomic E-state index is -1.04. The molecule has 1 heterocycles. The fourth-order valence-electron chi connectivity index (χ4n) is 2.48. The van der Waals surface area contributed by atoms with Crippen molar-refractivity contribution >= 4 is 11.9 Å². The third-order valence-electron chi connectivity index (χ3n) is 4.00. The first-order valence-corrected chi connectivity index (χ1v) is 7.40. The van der Waals surface area contributed by atoms with E-state index in [2.05, 4.69) is 10.6 Å². The van der Waals surface area contributed by atoms with Gasteiger partial charge in [0.1, 0.15) is 17.9 Å². The van der Waals surface area contributed by atoms with E-state index in [4.69, 9.17) is 4.74 Å². The maximum Gasteiger partial charge on any atom is 0.322 e. The van der Waals surface area contributed by atoms with E-state index in [1.54, 1.807) is 31.2 Å². The molecule has 3 rings (SSSR count). The molecule has 0 saturated carbocycles. The highest BCUT2D eigenvalue weighted by Crippen LogP contribution is 2.26. The summed E-state index contributed by atoms with van der Waals surface area (Å²) in [6.45, 7) is 4.20. The Morgan fingerprint density at radius 2 is 1.65 bits per heavy atom. The number of rotatable bonds is 4. The van der Waals surface area contributed by atoms with Gasteiger partial charge in [-0.15, -0.1) is 0 Å². The zero-order valence-corrected chi connectivity index (χ0v) is 13.1. The quantitative estimate of drug-likeness (QED) is 0.853. The van der Waals surface area contributed by atoms with Crippen molar-refractivity contribution in [3.63, 3.8) is 0 Å². The molecule has 3 amide bonds. The molecule has 1 aliphatic heterocycles. The summed E-state index contributed by atoms with van der Waals surface area (Å²) in [5.74, 6) is 0.360. The normalized spacial score (nSPS) is 20.1. The average Bonchev–Trinajstić information content (AvgIpc) is 2.81. The lowest BCUT2D eigenvalue weighted by molar-refractivity contribution is -0.123. The SMILES string of the molecule is Cc1ccc(COc2ccc(C3(C)NC(=O)NC3=O)cc2)cc1. The van der Waals surface area contributed by atoms with Gasteiger partial charge in [0.05, 0.1) is 0 Å². The van der Waals surface area contributed by atoms with E-state index in [-0.39, 0.29) is 5.91 Å². The lowest BCUT2D eigenvalue weighted by Gasteiger charge is -2.21. The van der Waals surface area contributed by atoms with E-state index in [1.165, 1.54) is 5.56 Å². The third kappa shape index (κ3) is 3.04. The number of carbonyl (C=O) groups excluding carboxylic acids is 2. The predicted molar refractivity (Wildman–Crippen MR) is 86.0 cm³/mol. The summed E-state index contributed by atoms with van der Waals surface area (Å²) in [7, 11) is 0. The van der Waals surface area contributed by atoms with Gasteiger partial charge in [-0.1, -0.05) is 42.0 Å². The number of aryl methyl sites for hydroxylation is 1. The minimum Gasteiger partial charge on any atom is -0.489 e. The van der Waals surface area contributed by atoms with E-state index in [0.717, 1.165) is 5.56 Å². The molecule has 0 spiro atoms. The minimum absolute atomic E-state index is 0.351. The highest BCUT2D eigenvalue weighted by molar-refractivity contribution is 6.07. The van der Waals surface area contributed by atoms with E-state index < -0.39 is 11.6 Å². The predicted octanol–water partition coefficient (Wildman–Crippen LogP) is 2.63. The summed E-state index contributed by atoms with van der Waals surface area (Å²) in [6.07, 6.45) is 0. The van der Waals surface area contributed by atoms with Crippen molar-refractivity contribution in [2.75, 3.05) is 0 Å². The van der Waals surface area contributed by atoms with Gasteiger partial charge in [0.2, 0.25) is 0 Å². The number of nitrogens with one attached hydrogen (secondary N) is 2. The number of benzene rings is 2. The van der Waals surface area contributed by atoms with Crippen molar-refractivity contribution in [1.29, 1.82) is 0 Å². The molecule has 118 valence electrons. The Morgan fingerprint density at radius 1 is 1.00 bits per heavy atom. The standard InChI is InChI=1S/C18H18N2O3/c1-12-3-5-13(6-4-12)11-23-15-9-7-14(8-10-15)18(2)16(21)19-17(22)20-18/h3-10H,11H2,1-2H3,(H2,19,20,21,22). The van der Waals surface area contributed by atoms with Crippen LogP contribution in [0.25, 0.3) is 0 Å². The van der Waals surface area contributed by atoms with Gasteiger partial charge in [0.25, 0.3) is 5.91 Å². The zero-order valence-electron chi connectivity index (χ0n) is 13.1. The van der Waals surface area contributed by atoms with E-state index in [0.29, 0.717) is 17.9 Å². The molecule has 0 aromatic heterocycles. The number of hydrogen-bond acceptors (Lipinski definition) is 3. The topological polar surface area (TPSA) is 67.4 Å². The Labute approximate surface area is 134 Å². The van der Waals surface area contributed by atoms with E-state index in [9.17, 15) is 9.59 Å². The molecule has 0 radical (unpaired) electrons. The third-order valence-corrected chi connectivity index (χ3v) is 4.00. The average molecular weight is 310 g/mol. The van der Waals surface area contributed by atoms with Crippen molar-refractivity contribution in [3.05, 3.63) is 65.2 Å². The van der Waals surface area contributed by atoms with Crippen LogP contribution in [0.2, 0.25) is 0 Å².